The lowest BCUT2D eigenvalue weighted by atomic mass is 10.1. The number of hydrogen-bond donors (Lipinski definition) is 1. The van der Waals surface area contributed by atoms with Gasteiger partial charge in [0.2, 0.25) is 5.91 Å². The van der Waals surface area contributed by atoms with Gasteiger partial charge in [0, 0.05) is 22.4 Å². The van der Waals surface area contributed by atoms with Crippen LogP contribution in [0.3, 0.4) is 0 Å². The maximum atomic E-state index is 12.9. The molecule has 4 rings (SSSR count). The van der Waals surface area contributed by atoms with E-state index in [1.54, 1.807) is 6.92 Å². The molecule has 0 bridgehead atoms. The number of thioether (sulfide) groups is 1. The number of methoxy groups -OCH3 is 1. The van der Waals surface area contributed by atoms with E-state index in [0.29, 0.717) is 10.7 Å². The number of nitro benzene ring substituents is 1. The zero-order valence-electron chi connectivity index (χ0n) is 17.9. The van der Waals surface area contributed by atoms with E-state index in [2.05, 4.69) is 15.5 Å². The van der Waals surface area contributed by atoms with Crippen molar-refractivity contribution in [3.63, 3.8) is 0 Å². The van der Waals surface area contributed by atoms with Gasteiger partial charge in [0.1, 0.15) is 16.5 Å². The average molecular weight is 461 g/mol. The molecule has 0 saturated carbocycles. The third-order valence-electron chi connectivity index (χ3n) is 5.01. The molecule has 1 N–H and O–H groups in total. The molecule has 9 heteroatoms. The smallest absolute Gasteiger partial charge is 0.273 e. The molecule has 0 spiro atoms. The zero-order chi connectivity index (χ0) is 23.4. The van der Waals surface area contributed by atoms with Gasteiger partial charge in [-0.05, 0) is 13.0 Å². The minimum atomic E-state index is -0.518. The van der Waals surface area contributed by atoms with Gasteiger partial charge in [0.15, 0.2) is 0 Å². The SMILES string of the molecule is COc1cc([N+](=O)[O-])ccc1NC(=O)[C@@H](C)Sc1nnc(-c2ccccc2)c2ccccc12. The van der Waals surface area contributed by atoms with Gasteiger partial charge in [-0.15, -0.1) is 10.2 Å². The Balaban J connectivity index is 1.58. The normalized spacial score (nSPS) is 11.7. The molecule has 4 aromatic rings. The Morgan fingerprint density at radius 1 is 1.03 bits per heavy atom. The van der Waals surface area contributed by atoms with Crippen LogP contribution in [0, 0.1) is 10.1 Å². The Morgan fingerprint density at radius 3 is 2.42 bits per heavy atom. The molecule has 1 atom stereocenters. The standard InChI is InChI=1S/C24H20N4O4S/c1-15(23(29)25-20-13-12-17(28(30)31)14-21(20)32-2)33-24-19-11-7-6-10-18(19)22(26-27-24)16-8-4-3-5-9-16/h3-15H,1-2H3,(H,25,29)/t15-/m1/s1. The first-order valence-electron chi connectivity index (χ1n) is 10.1. The van der Waals surface area contributed by atoms with Crippen molar-refractivity contribution in [2.75, 3.05) is 12.4 Å². The second kappa shape index (κ2) is 9.66. The van der Waals surface area contributed by atoms with Crippen LogP contribution in [0.4, 0.5) is 11.4 Å². The van der Waals surface area contributed by atoms with Crippen molar-refractivity contribution < 1.29 is 14.5 Å². The van der Waals surface area contributed by atoms with Crippen LogP contribution >= 0.6 is 11.8 Å². The van der Waals surface area contributed by atoms with Crippen LogP contribution in [0.15, 0.2) is 77.8 Å². The number of hydrogen-bond acceptors (Lipinski definition) is 7. The largest absolute Gasteiger partial charge is 0.494 e. The number of nitro groups is 1. The molecule has 1 aromatic heterocycles. The van der Waals surface area contributed by atoms with Gasteiger partial charge in [-0.3, -0.25) is 14.9 Å². The second-order valence-corrected chi connectivity index (χ2v) is 8.49. The van der Waals surface area contributed by atoms with E-state index in [-0.39, 0.29) is 17.3 Å². The van der Waals surface area contributed by atoms with E-state index in [1.807, 2.05) is 54.6 Å². The summed E-state index contributed by atoms with van der Waals surface area (Å²) in [6, 6.07) is 21.7. The molecule has 0 aliphatic heterocycles. The van der Waals surface area contributed by atoms with Gasteiger partial charge in [-0.25, -0.2) is 0 Å². The third-order valence-corrected chi connectivity index (χ3v) is 6.10. The number of carbonyl (C=O) groups is 1. The van der Waals surface area contributed by atoms with E-state index in [1.165, 1.54) is 37.1 Å². The number of carbonyl (C=O) groups excluding carboxylic acids is 1. The summed E-state index contributed by atoms with van der Waals surface area (Å²) in [5.41, 5.74) is 1.99. The van der Waals surface area contributed by atoms with Gasteiger partial charge < -0.3 is 10.1 Å². The minimum Gasteiger partial charge on any atom is -0.494 e. The van der Waals surface area contributed by atoms with Gasteiger partial charge in [-0.2, -0.15) is 0 Å². The molecule has 0 radical (unpaired) electrons. The predicted molar refractivity (Wildman–Crippen MR) is 129 cm³/mol. The maximum absolute atomic E-state index is 12.9. The summed E-state index contributed by atoms with van der Waals surface area (Å²) in [6.07, 6.45) is 0. The zero-order valence-corrected chi connectivity index (χ0v) is 18.7. The highest BCUT2D eigenvalue weighted by Gasteiger charge is 2.21. The van der Waals surface area contributed by atoms with Crippen molar-refractivity contribution in [2.45, 2.75) is 17.2 Å². The molecule has 1 amide bonds. The lowest BCUT2D eigenvalue weighted by Crippen LogP contribution is -2.23. The summed E-state index contributed by atoms with van der Waals surface area (Å²) in [7, 11) is 1.39. The molecular formula is C24H20N4O4S. The number of non-ortho nitro benzene ring substituents is 1. The van der Waals surface area contributed by atoms with Crippen molar-refractivity contribution in [3.8, 4) is 17.0 Å². The van der Waals surface area contributed by atoms with E-state index >= 15 is 0 Å². The van der Waals surface area contributed by atoms with Crippen LogP contribution in [0.5, 0.6) is 5.75 Å². The number of nitrogens with one attached hydrogen (secondary N) is 1. The monoisotopic (exact) mass is 460 g/mol. The van der Waals surface area contributed by atoms with Crippen LogP contribution in [0.2, 0.25) is 0 Å². The third kappa shape index (κ3) is 4.78. The second-order valence-electron chi connectivity index (χ2n) is 7.16. The molecule has 0 saturated heterocycles. The predicted octanol–water partition coefficient (Wildman–Crippen LogP) is 5.33. The topological polar surface area (TPSA) is 107 Å². The Kier molecular flexibility index (Phi) is 6.50. The van der Waals surface area contributed by atoms with Gasteiger partial charge in [-0.1, -0.05) is 66.4 Å². The highest BCUT2D eigenvalue weighted by Crippen LogP contribution is 2.34. The fourth-order valence-electron chi connectivity index (χ4n) is 3.33. The van der Waals surface area contributed by atoms with Crippen molar-refractivity contribution in [1.82, 2.24) is 10.2 Å². The number of anilines is 1. The van der Waals surface area contributed by atoms with Crippen molar-refractivity contribution in [2.24, 2.45) is 0 Å². The number of fused-ring (bicyclic) bond motifs is 1. The van der Waals surface area contributed by atoms with Crippen molar-refractivity contribution in [1.29, 1.82) is 0 Å². The quantitative estimate of drug-likeness (QED) is 0.225. The maximum Gasteiger partial charge on any atom is 0.273 e. The van der Waals surface area contributed by atoms with Crippen molar-refractivity contribution >= 4 is 39.8 Å². The molecule has 8 nitrogen and oxygen atoms in total. The lowest BCUT2D eigenvalue weighted by Gasteiger charge is -2.15. The Bertz CT molecular complexity index is 1330. The van der Waals surface area contributed by atoms with Gasteiger partial charge in [0.25, 0.3) is 5.69 Å². The Labute approximate surface area is 194 Å². The fraction of sp³-hybridized carbons (Fsp3) is 0.125. The molecule has 0 aliphatic rings. The summed E-state index contributed by atoms with van der Waals surface area (Å²) >= 11 is 1.29. The number of benzene rings is 3. The van der Waals surface area contributed by atoms with E-state index in [9.17, 15) is 14.9 Å². The summed E-state index contributed by atoms with van der Waals surface area (Å²) in [6.45, 7) is 1.76. The van der Waals surface area contributed by atoms with E-state index in [4.69, 9.17) is 4.74 Å². The molecule has 33 heavy (non-hydrogen) atoms. The summed E-state index contributed by atoms with van der Waals surface area (Å²) in [4.78, 5) is 23.3. The number of ether oxygens (including phenoxy) is 1. The number of rotatable bonds is 7. The van der Waals surface area contributed by atoms with Crippen LogP contribution in [-0.2, 0) is 4.79 Å². The van der Waals surface area contributed by atoms with Crippen LogP contribution in [0.1, 0.15) is 6.92 Å². The molecule has 166 valence electrons. The summed E-state index contributed by atoms with van der Waals surface area (Å²) in [5.74, 6) is -0.0719. The van der Waals surface area contributed by atoms with Crippen LogP contribution in [0.25, 0.3) is 22.0 Å². The van der Waals surface area contributed by atoms with Crippen LogP contribution < -0.4 is 10.1 Å². The minimum absolute atomic E-state index is 0.118. The summed E-state index contributed by atoms with van der Waals surface area (Å²) < 4.78 is 5.20. The first-order chi connectivity index (χ1) is 16.0. The van der Waals surface area contributed by atoms with Crippen LogP contribution in [-0.4, -0.2) is 33.4 Å². The molecule has 3 aromatic carbocycles. The van der Waals surface area contributed by atoms with Gasteiger partial charge >= 0.3 is 0 Å². The fourth-order valence-corrected chi connectivity index (χ4v) is 4.22. The summed E-state index contributed by atoms with van der Waals surface area (Å²) in [5, 5.41) is 24.6. The Morgan fingerprint density at radius 2 is 1.73 bits per heavy atom. The average Bonchev–Trinajstić information content (AvgIpc) is 2.84. The number of amides is 1. The van der Waals surface area contributed by atoms with E-state index in [0.717, 1.165) is 22.0 Å². The molecule has 1 heterocycles. The lowest BCUT2D eigenvalue weighted by molar-refractivity contribution is -0.384. The van der Waals surface area contributed by atoms with E-state index < -0.39 is 10.2 Å². The molecular weight excluding hydrogens is 440 g/mol. The molecule has 0 fully saturated rings. The number of nitrogens with zero attached hydrogens (tertiary/aromatic N) is 3. The van der Waals surface area contributed by atoms with Gasteiger partial charge in [0.05, 0.1) is 29.0 Å². The highest BCUT2D eigenvalue weighted by molar-refractivity contribution is 8.00. The highest BCUT2D eigenvalue weighted by atomic mass is 32.2. The first-order valence-corrected chi connectivity index (χ1v) is 11.0. The first kappa shape index (κ1) is 22.2. The Hall–Kier alpha value is -3.98. The number of aromatic nitrogens is 2. The molecule has 0 aliphatic carbocycles. The van der Waals surface area contributed by atoms with Crippen molar-refractivity contribution in [3.05, 3.63) is 82.9 Å². The molecule has 0 unspecified atom stereocenters.